The van der Waals surface area contributed by atoms with Gasteiger partial charge in [-0.1, -0.05) is 23.7 Å². The second kappa shape index (κ2) is 6.95. The van der Waals surface area contributed by atoms with Crippen LogP contribution in [0, 0.1) is 12.7 Å². The van der Waals surface area contributed by atoms with E-state index in [1.165, 1.54) is 23.9 Å². The molecule has 0 radical (unpaired) electrons. The first-order chi connectivity index (χ1) is 9.99. The third-order valence-electron chi connectivity index (χ3n) is 2.71. The summed E-state index contributed by atoms with van der Waals surface area (Å²) in [6, 6.07) is 6.04. The molecule has 0 fully saturated rings. The maximum absolute atomic E-state index is 13.1. The Balaban J connectivity index is 2.04. The van der Waals surface area contributed by atoms with E-state index in [0.717, 1.165) is 4.90 Å². The van der Waals surface area contributed by atoms with Gasteiger partial charge in [0.1, 0.15) is 11.6 Å². The molecule has 21 heavy (non-hydrogen) atoms. The number of aromatic nitrogens is 1. The number of nitrogens with zero attached hydrogens (tertiary/aromatic N) is 1. The third-order valence-corrected chi connectivity index (χ3v) is 4.36. The molecule has 1 amide bonds. The molecule has 0 bridgehead atoms. The standard InChI is InChI=1S/C14H14ClFN2O2S/c1-3-12(14(19)17-13-6-8(2)20-18-13)21-9-4-5-11(16)10(15)7-9/h4-7,12H,3H2,1-2H3,(H,17,18,19)/t12-/m0/s1. The van der Waals surface area contributed by atoms with Crippen molar-refractivity contribution in [1.29, 1.82) is 0 Å². The number of anilines is 1. The van der Waals surface area contributed by atoms with E-state index in [9.17, 15) is 9.18 Å². The van der Waals surface area contributed by atoms with Gasteiger partial charge in [-0.15, -0.1) is 11.8 Å². The number of hydrogen-bond acceptors (Lipinski definition) is 4. The summed E-state index contributed by atoms with van der Waals surface area (Å²) in [5.41, 5.74) is 0. The highest BCUT2D eigenvalue weighted by Gasteiger charge is 2.19. The summed E-state index contributed by atoms with van der Waals surface area (Å²) in [6.07, 6.45) is 0.613. The number of rotatable bonds is 5. The molecular formula is C14H14ClFN2O2S. The van der Waals surface area contributed by atoms with Crippen molar-refractivity contribution >= 4 is 35.1 Å². The summed E-state index contributed by atoms with van der Waals surface area (Å²) in [5.74, 6) is 0.345. The van der Waals surface area contributed by atoms with Crippen LogP contribution in [0.3, 0.4) is 0 Å². The largest absolute Gasteiger partial charge is 0.360 e. The predicted octanol–water partition coefficient (Wildman–Crippen LogP) is 4.28. The average molecular weight is 329 g/mol. The van der Waals surface area contributed by atoms with E-state index in [0.29, 0.717) is 18.0 Å². The molecule has 0 unspecified atom stereocenters. The predicted molar refractivity (Wildman–Crippen MR) is 81.2 cm³/mol. The van der Waals surface area contributed by atoms with Crippen LogP contribution in [0.5, 0.6) is 0 Å². The highest BCUT2D eigenvalue weighted by atomic mass is 35.5. The number of thioether (sulfide) groups is 1. The van der Waals surface area contributed by atoms with Gasteiger partial charge < -0.3 is 9.84 Å². The Hall–Kier alpha value is -1.53. The topological polar surface area (TPSA) is 55.1 Å². The lowest BCUT2D eigenvalue weighted by molar-refractivity contribution is -0.115. The van der Waals surface area contributed by atoms with Crippen molar-refractivity contribution in [3.05, 3.63) is 40.9 Å². The van der Waals surface area contributed by atoms with Gasteiger partial charge in [0.15, 0.2) is 5.82 Å². The molecule has 1 aromatic heterocycles. The van der Waals surface area contributed by atoms with Crippen LogP contribution in [-0.4, -0.2) is 16.3 Å². The van der Waals surface area contributed by atoms with Gasteiger partial charge in [-0.05, 0) is 31.5 Å². The average Bonchev–Trinajstić information content (AvgIpc) is 2.85. The molecule has 1 heterocycles. The van der Waals surface area contributed by atoms with Crippen molar-refractivity contribution in [2.24, 2.45) is 0 Å². The van der Waals surface area contributed by atoms with E-state index in [1.807, 2.05) is 6.92 Å². The highest BCUT2D eigenvalue weighted by Crippen LogP contribution is 2.29. The molecule has 112 valence electrons. The number of nitrogens with one attached hydrogen (secondary N) is 1. The molecule has 1 aromatic carbocycles. The minimum Gasteiger partial charge on any atom is -0.360 e. The molecule has 7 heteroatoms. The first-order valence-electron chi connectivity index (χ1n) is 6.35. The molecule has 0 aliphatic rings. The smallest absolute Gasteiger partial charge is 0.239 e. The zero-order valence-corrected chi connectivity index (χ0v) is 13.1. The van der Waals surface area contributed by atoms with Crippen molar-refractivity contribution in [1.82, 2.24) is 5.16 Å². The van der Waals surface area contributed by atoms with Crippen LogP contribution in [0.4, 0.5) is 10.2 Å². The maximum atomic E-state index is 13.1. The molecule has 0 aliphatic carbocycles. The quantitative estimate of drug-likeness (QED) is 0.832. The molecule has 0 saturated heterocycles. The van der Waals surface area contributed by atoms with Crippen LogP contribution in [0.25, 0.3) is 0 Å². The minimum atomic E-state index is -0.475. The molecule has 0 spiro atoms. The van der Waals surface area contributed by atoms with Crippen molar-refractivity contribution in [2.75, 3.05) is 5.32 Å². The summed E-state index contributed by atoms with van der Waals surface area (Å²) in [4.78, 5) is 12.9. The number of aryl methyl sites for hydroxylation is 1. The fraction of sp³-hybridized carbons (Fsp3) is 0.286. The Labute approximate surface area is 131 Å². The number of hydrogen-bond donors (Lipinski definition) is 1. The Bertz CT molecular complexity index is 648. The third kappa shape index (κ3) is 4.22. The van der Waals surface area contributed by atoms with Crippen LogP contribution >= 0.6 is 23.4 Å². The molecule has 0 aliphatic heterocycles. The van der Waals surface area contributed by atoms with Gasteiger partial charge in [0.2, 0.25) is 5.91 Å². The van der Waals surface area contributed by atoms with E-state index in [2.05, 4.69) is 10.5 Å². The van der Waals surface area contributed by atoms with Gasteiger partial charge in [0.25, 0.3) is 0 Å². The van der Waals surface area contributed by atoms with Gasteiger partial charge in [0, 0.05) is 11.0 Å². The zero-order chi connectivity index (χ0) is 15.4. The van der Waals surface area contributed by atoms with Crippen molar-refractivity contribution < 1.29 is 13.7 Å². The minimum absolute atomic E-state index is 0.0439. The summed E-state index contributed by atoms with van der Waals surface area (Å²) in [5, 5.41) is 6.12. The van der Waals surface area contributed by atoms with Crippen LogP contribution in [-0.2, 0) is 4.79 Å². The van der Waals surface area contributed by atoms with Crippen molar-refractivity contribution in [2.45, 2.75) is 30.4 Å². The summed E-state index contributed by atoms with van der Waals surface area (Å²) < 4.78 is 18.0. The normalized spacial score (nSPS) is 12.2. The Morgan fingerprint density at radius 1 is 1.52 bits per heavy atom. The van der Waals surface area contributed by atoms with Gasteiger partial charge >= 0.3 is 0 Å². The fourth-order valence-corrected chi connectivity index (χ4v) is 2.91. The molecule has 2 rings (SSSR count). The first kappa shape index (κ1) is 15.9. The number of benzene rings is 1. The summed E-state index contributed by atoms with van der Waals surface area (Å²) in [7, 11) is 0. The lowest BCUT2D eigenvalue weighted by Crippen LogP contribution is -2.24. The molecule has 1 N–H and O–H groups in total. The number of amides is 1. The van der Waals surface area contributed by atoms with Crippen LogP contribution in [0.2, 0.25) is 5.02 Å². The lowest BCUT2D eigenvalue weighted by atomic mass is 10.3. The van der Waals surface area contributed by atoms with E-state index >= 15 is 0 Å². The Morgan fingerprint density at radius 3 is 2.86 bits per heavy atom. The highest BCUT2D eigenvalue weighted by molar-refractivity contribution is 8.00. The van der Waals surface area contributed by atoms with Crippen molar-refractivity contribution in [3.63, 3.8) is 0 Å². The Kier molecular flexibility index (Phi) is 5.25. The van der Waals surface area contributed by atoms with Gasteiger partial charge in [-0.25, -0.2) is 4.39 Å². The summed E-state index contributed by atoms with van der Waals surface area (Å²) in [6.45, 7) is 3.64. The van der Waals surface area contributed by atoms with Gasteiger partial charge in [-0.2, -0.15) is 0 Å². The van der Waals surface area contributed by atoms with Gasteiger partial charge in [0.05, 0.1) is 10.3 Å². The number of carbonyl (C=O) groups excluding carboxylic acids is 1. The zero-order valence-electron chi connectivity index (χ0n) is 11.5. The molecule has 0 saturated carbocycles. The SMILES string of the molecule is CC[C@H](Sc1ccc(F)c(Cl)c1)C(=O)Nc1cc(C)on1. The second-order valence-corrected chi connectivity index (χ2v) is 6.09. The van der Waals surface area contributed by atoms with E-state index in [1.54, 1.807) is 19.1 Å². The molecular weight excluding hydrogens is 315 g/mol. The molecule has 2 aromatic rings. The second-order valence-electron chi connectivity index (χ2n) is 4.40. The van der Waals surface area contributed by atoms with E-state index in [4.69, 9.17) is 16.1 Å². The molecule has 1 atom stereocenters. The van der Waals surface area contributed by atoms with Crippen LogP contribution in [0.15, 0.2) is 33.7 Å². The monoisotopic (exact) mass is 328 g/mol. The first-order valence-corrected chi connectivity index (χ1v) is 7.61. The maximum Gasteiger partial charge on any atom is 0.239 e. The number of halogens is 2. The lowest BCUT2D eigenvalue weighted by Gasteiger charge is -2.13. The van der Waals surface area contributed by atoms with Crippen LogP contribution in [0.1, 0.15) is 19.1 Å². The van der Waals surface area contributed by atoms with Crippen molar-refractivity contribution in [3.8, 4) is 0 Å². The van der Waals surface area contributed by atoms with Gasteiger partial charge in [-0.3, -0.25) is 4.79 Å². The molecule has 4 nitrogen and oxygen atoms in total. The van der Waals surface area contributed by atoms with Crippen LogP contribution < -0.4 is 5.32 Å². The van der Waals surface area contributed by atoms with E-state index < -0.39 is 5.82 Å². The fourth-order valence-electron chi connectivity index (χ4n) is 1.67. The van der Waals surface area contributed by atoms with E-state index in [-0.39, 0.29) is 16.2 Å². The Morgan fingerprint density at radius 2 is 2.29 bits per heavy atom. The number of carbonyl (C=O) groups is 1. The summed E-state index contributed by atoms with van der Waals surface area (Å²) >= 11 is 7.07.